The Morgan fingerprint density at radius 3 is 2.61 bits per heavy atom. The van der Waals surface area contributed by atoms with E-state index >= 15 is 0 Å². The fraction of sp³-hybridized carbons (Fsp3) is 0.333. The normalized spacial score (nSPS) is 23.1. The number of hydrogen-bond acceptors (Lipinski definition) is 2. The SMILES string of the molecule is FC(F)(F)c1ccccc1-c1ccc2c(c1)[C@H]1CNC[C@H]1CN2. The summed E-state index contributed by atoms with van der Waals surface area (Å²) in [6, 6.07) is 11.4. The second kappa shape index (κ2) is 5.27. The molecular weight excluding hydrogens is 301 g/mol. The van der Waals surface area contributed by atoms with E-state index in [1.807, 2.05) is 12.1 Å². The van der Waals surface area contributed by atoms with E-state index in [0.717, 1.165) is 37.0 Å². The molecule has 0 spiro atoms. The summed E-state index contributed by atoms with van der Waals surface area (Å²) in [5, 5.41) is 6.78. The van der Waals surface area contributed by atoms with Crippen molar-refractivity contribution < 1.29 is 13.2 Å². The van der Waals surface area contributed by atoms with Crippen molar-refractivity contribution in [1.29, 1.82) is 0 Å². The number of hydrogen-bond donors (Lipinski definition) is 2. The average Bonchev–Trinajstić information content (AvgIpc) is 3.02. The monoisotopic (exact) mass is 318 g/mol. The third-order valence-corrected chi connectivity index (χ3v) is 4.89. The lowest BCUT2D eigenvalue weighted by Gasteiger charge is -2.29. The van der Waals surface area contributed by atoms with E-state index in [1.165, 1.54) is 6.07 Å². The molecule has 0 aliphatic carbocycles. The Kier molecular flexibility index (Phi) is 3.34. The topological polar surface area (TPSA) is 24.1 Å². The molecule has 1 fully saturated rings. The van der Waals surface area contributed by atoms with Gasteiger partial charge in [-0.1, -0.05) is 24.3 Å². The third kappa shape index (κ3) is 2.49. The maximum Gasteiger partial charge on any atom is 0.417 e. The number of halogens is 3. The number of fused-ring (bicyclic) bond motifs is 3. The van der Waals surface area contributed by atoms with Crippen molar-refractivity contribution in [3.05, 3.63) is 53.6 Å². The van der Waals surface area contributed by atoms with Gasteiger partial charge in [-0.05, 0) is 40.8 Å². The highest BCUT2D eigenvalue weighted by Crippen LogP contribution is 2.42. The minimum atomic E-state index is -4.35. The van der Waals surface area contributed by atoms with Gasteiger partial charge in [0.1, 0.15) is 0 Å². The molecule has 2 N–H and O–H groups in total. The van der Waals surface area contributed by atoms with Crippen molar-refractivity contribution in [1.82, 2.24) is 5.32 Å². The Morgan fingerprint density at radius 2 is 1.78 bits per heavy atom. The molecule has 1 saturated heterocycles. The van der Waals surface area contributed by atoms with Crippen LogP contribution in [0.4, 0.5) is 18.9 Å². The maximum atomic E-state index is 13.3. The molecular formula is C18H17F3N2. The quantitative estimate of drug-likeness (QED) is 0.827. The molecule has 120 valence electrons. The highest BCUT2D eigenvalue weighted by Gasteiger charge is 2.35. The van der Waals surface area contributed by atoms with Crippen molar-refractivity contribution >= 4 is 5.69 Å². The lowest BCUT2D eigenvalue weighted by Crippen LogP contribution is -2.26. The first-order chi connectivity index (χ1) is 11.0. The summed E-state index contributed by atoms with van der Waals surface area (Å²) in [7, 11) is 0. The van der Waals surface area contributed by atoms with Crippen LogP contribution in [0.1, 0.15) is 17.0 Å². The zero-order valence-electron chi connectivity index (χ0n) is 12.5. The zero-order valence-corrected chi connectivity index (χ0v) is 12.5. The summed E-state index contributed by atoms with van der Waals surface area (Å²) in [6.45, 7) is 2.77. The highest BCUT2D eigenvalue weighted by atomic mass is 19.4. The maximum absolute atomic E-state index is 13.3. The van der Waals surface area contributed by atoms with Gasteiger partial charge in [-0.15, -0.1) is 0 Å². The van der Waals surface area contributed by atoms with Crippen LogP contribution in [-0.4, -0.2) is 19.6 Å². The molecule has 2 heterocycles. The summed E-state index contributed by atoms with van der Waals surface area (Å²) in [6.07, 6.45) is -4.35. The molecule has 2 aromatic carbocycles. The van der Waals surface area contributed by atoms with Crippen LogP contribution >= 0.6 is 0 Å². The van der Waals surface area contributed by atoms with Gasteiger partial charge >= 0.3 is 6.18 Å². The first kappa shape index (κ1) is 14.6. The van der Waals surface area contributed by atoms with Gasteiger partial charge < -0.3 is 10.6 Å². The summed E-state index contributed by atoms with van der Waals surface area (Å²) in [5.74, 6) is 0.889. The number of alkyl halides is 3. The van der Waals surface area contributed by atoms with E-state index < -0.39 is 11.7 Å². The molecule has 2 nitrogen and oxygen atoms in total. The zero-order chi connectivity index (χ0) is 16.0. The van der Waals surface area contributed by atoms with E-state index in [1.54, 1.807) is 18.2 Å². The van der Waals surface area contributed by atoms with Crippen LogP contribution < -0.4 is 10.6 Å². The molecule has 0 saturated carbocycles. The van der Waals surface area contributed by atoms with E-state index in [2.05, 4.69) is 10.6 Å². The van der Waals surface area contributed by atoms with Gasteiger partial charge in [-0.2, -0.15) is 13.2 Å². The van der Waals surface area contributed by atoms with E-state index in [9.17, 15) is 13.2 Å². The first-order valence-corrected chi connectivity index (χ1v) is 7.79. The van der Waals surface area contributed by atoms with E-state index in [-0.39, 0.29) is 5.56 Å². The second-order valence-corrected chi connectivity index (χ2v) is 6.25. The molecule has 23 heavy (non-hydrogen) atoms. The van der Waals surface area contributed by atoms with Crippen molar-refractivity contribution in [2.75, 3.05) is 25.0 Å². The van der Waals surface area contributed by atoms with Gasteiger partial charge in [0.15, 0.2) is 0 Å². The van der Waals surface area contributed by atoms with Crippen molar-refractivity contribution in [3.63, 3.8) is 0 Å². The summed E-state index contributed by atoms with van der Waals surface area (Å²) in [4.78, 5) is 0. The van der Waals surface area contributed by atoms with Crippen LogP contribution in [0.15, 0.2) is 42.5 Å². The molecule has 0 bridgehead atoms. The van der Waals surface area contributed by atoms with Gasteiger partial charge in [0, 0.05) is 31.2 Å². The van der Waals surface area contributed by atoms with Crippen molar-refractivity contribution in [3.8, 4) is 11.1 Å². The van der Waals surface area contributed by atoms with Crippen LogP contribution in [0.3, 0.4) is 0 Å². The second-order valence-electron chi connectivity index (χ2n) is 6.25. The van der Waals surface area contributed by atoms with Crippen molar-refractivity contribution in [2.45, 2.75) is 12.1 Å². The molecule has 2 aliphatic heterocycles. The fourth-order valence-electron chi connectivity index (χ4n) is 3.73. The Bertz CT molecular complexity index is 739. The first-order valence-electron chi connectivity index (χ1n) is 7.79. The lowest BCUT2D eigenvalue weighted by molar-refractivity contribution is -0.137. The summed E-state index contributed by atoms with van der Waals surface area (Å²) in [5.41, 5.74) is 2.47. The molecule has 0 radical (unpaired) electrons. The van der Waals surface area contributed by atoms with E-state index in [4.69, 9.17) is 0 Å². The van der Waals surface area contributed by atoms with E-state index in [0.29, 0.717) is 17.4 Å². The van der Waals surface area contributed by atoms with Crippen molar-refractivity contribution in [2.24, 2.45) is 5.92 Å². The predicted molar refractivity (Wildman–Crippen MR) is 84.5 cm³/mol. The molecule has 2 atom stereocenters. The van der Waals surface area contributed by atoms with Crippen LogP contribution in [0.25, 0.3) is 11.1 Å². The summed E-state index contributed by atoms with van der Waals surface area (Å²) >= 11 is 0. The average molecular weight is 318 g/mol. The Balaban J connectivity index is 1.82. The molecule has 0 unspecified atom stereocenters. The lowest BCUT2D eigenvalue weighted by atomic mass is 9.83. The Hall–Kier alpha value is -2.01. The highest BCUT2D eigenvalue weighted by molar-refractivity contribution is 5.73. The Morgan fingerprint density at radius 1 is 0.957 bits per heavy atom. The molecule has 4 rings (SSSR count). The predicted octanol–water partition coefficient (Wildman–Crippen LogP) is 4.10. The molecule has 0 aromatic heterocycles. The minimum Gasteiger partial charge on any atom is -0.384 e. The van der Waals surface area contributed by atoms with Gasteiger partial charge in [0.05, 0.1) is 5.56 Å². The number of anilines is 1. The minimum absolute atomic E-state index is 0.246. The Labute approximate surface area is 132 Å². The standard InChI is InChI=1S/C18H17F3N2/c19-18(20,21)16-4-2-1-3-13(16)11-5-6-17-14(7-11)15-10-22-8-12(15)9-23-17/h1-7,12,15,22-23H,8-10H2/t12-,15-/m0/s1. The molecule has 2 aromatic rings. The molecule has 2 aliphatic rings. The number of nitrogens with one attached hydrogen (secondary N) is 2. The van der Waals surface area contributed by atoms with Gasteiger partial charge in [0.2, 0.25) is 0 Å². The van der Waals surface area contributed by atoms with Gasteiger partial charge in [-0.25, -0.2) is 0 Å². The smallest absolute Gasteiger partial charge is 0.384 e. The van der Waals surface area contributed by atoms with Gasteiger partial charge in [0.25, 0.3) is 0 Å². The summed E-state index contributed by atoms with van der Waals surface area (Å²) < 4.78 is 39.8. The fourth-order valence-corrected chi connectivity index (χ4v) is 3.73. The number of benzene rings is 2. The largest absolute Gasteiger partial charge is 0.417 e. The molecule has 5 heteroatoms. The molecule has 0 amide bonds. The van der Waals surface area contributed by atoms with Crippen LogP contribution in [0, 0.1) is 5.92 Å². The van der Waals surface area contributed by atoms with Crippen LogP contribution in [-0.2, 0) is 6.18 Å². The third-order valence-electron chi connectivity index (χ3n) is 4.89. The van der Waals surface area contributed by atoms with Crippen LogP contribution in [0.2, 0.25) is 0 Å². The van der Waals surface area contributed by atoms with Gasteiger partial charge in [-0.3, -0.25) is 0 Å². The van der Waals surface area contributed by atoms with Crippen LogP contribution in [0.5, 0.6) is 0 Å². The number of rotatable bonds is 1.